The molecular formula is C6H13Cl2O5P. The minimum atomic E-state index is -3.48. The van der Waals surface area contributed by atoms with E-state index in [9.17, 15) is 4.57 Å². The van der Waals surface area contributed by atoms with Crippen molar-refractivity contribution in [2.75, 3.05) is 20.8 Å². The molecular weight excluding hydrogens is 254 g/mol. The molecule has 0 spiro atoms. The Labute approximate surface area is 93.2 Å². The molecule has 0 aliphatic heterocycles. The van der Waals surface area contributed by atoms with Crippen molar-refractivity contribution in [3.8, 4) is 0 Å². The fraction of sp³-hybridized carbons (Fsp3) is 0.667. The average molecular weight is 267 g/mol. The van der Waals surface area contributed by atoms with Gasteiger partial charge in [-0.1, -0.05) is 23.2 Å². The first-order chi connectivity index (χ1) is 6.45. The summed E-state index contributed by atoms with van der Waals surface area (Å²) >= 11 is 10.3. The molecule has 0 aromatic rings. The van der Waals surface area contributed by atoms with Crippen LogP contribution in [0.3, 0.4) is 0 Å². The van der Waals surface area contributed by atoms with Crippen LogP contribution in [0.1, 0.15) is 6.92 Å². The van der Waals surface area contributed by atoms with Crippen molar-refractivity contribution in [2.45, 2.75) is 6.92 Å². The maximum Gasteiger partial charge on any atom is 0.529 e. The summed E-state index contributed by atoms with van der Waals surface area (Å²) in [6.07, 6.45) is 0.872. The van der Waals surface area contributed by atoms with Crippen LogP contribution >= 0.6 is 31.0 Å². The van der Waals surface area contributed by atoms with Crippen LogP contribution in [0, 0.1) is 0 Å². The average Bonchev–Trinajstić information content (AvgIpc) is 2.15. The molecule has 0 aliphatic carbocycles. The lowest BCUT2D eigenvalue weighted by Crippen LogP contribution is -1.88. The van der Waals surface area contributed by atoms with Crippen LogP contribution in [0.4, 0.5) is 0 Å². The Bertz CT molecular complexity index is 196. The highest BCUT2D eigenvalue weighted by Gasteiger charge is 2.22. The normalized spacial score (nSPS) is 9.86. The lowest BCUT2D eigenvalue weighted by molar-refractivity contribution is 0.194. The molecule has 86 valence electrons. The van der Waals surface area contributed by atoms with Crippen LogP contribution in [0.2, 0.25) is 0 Å². The summed E-state index contributed by atoms with van der Waals surface area (Å²) in [7, 11) is -1.12. The van der Waals surface area contributed by atoms with Crippen LogP contribution in [0.25, 0.3) is 0 Å². The largest absolute Gasteiger partial charge is 0.529 e. The third-order valence-electron chi connectivity index (χ3n) is 0.718. The van der Waals surface area contributed by atoms with Gasteiger partial charge in [0.1, 0.15) is 10.8 Å². The molecule has 0 bridgehead atoms. The number of phosphoric acid groups is 1. The fourth-order valence-corrected chi connectivity index (χ4v) is 1.03. The second kappa shape index (κ2) is 9.77. The predicted molar refractivity (Wildman–Crippen MR) is 55.3 cm³/mol. The molecule has 0 fully saturated rings. The molecule has 0 amide bonds. The molecule has 0 rings (SSSR count). The number of aliphatic hydroxyl groups excluding tert-OH is 1. The Morgan fingerprint density at radius 1 is 1.43 bits per heavy atom. The van der Waals surface area contributed by atoms with Gasteiger partial charge in [0.15, 0.2) is 0 Å². The highest BCUT2D eigenvalue weighted by molar-refractivity contribution is 7.48. The first-order valence-corrected chi connectivity index (χ1v) is 5.69. The summed E-state index contributed by atoms with van der Waals surface area (Å²) < 4.78 is 24.1. The van der Waals surface area contributed by atoms with E-state index in [4.69, 9.17) is 28.3 Å². The molecule has 0 aromatic heterocycles. The Morgan fingerprint density at radius 3 is 2.00 bits per heavy atom. The van der Waals surface area contributed by atoms with E-state index in [2.05, 4.69) is 13.6 Å². The standard InChI is InChI=1S/C4H7Cl2O4P.C2H6O/c1-8-11(7,9-2)10-3-4(5)6;1-2-3/h3H,1-2H3;3H,2H2,1H3. The van der Waals surface area contributed by atoms with Crippen molar-refractivity contribution >= 4 is 31.0 Å². The highest BCUT2D eigenvalue weighted by atomic mass is 35.5. The Hall–Kier alpha value is 0.230. The summed E-state index contributed by atoms with van der Waals surface area (Å²) in [5, 5.41) is 7.57. The van der Waals surface area contributed by atoms with Crippen molar-refractivity contribution < 1.29 is 23.2 Å². The second-order valence-electron chi connectivity index (χ2n) is 1.64. The first-order valence-electron chi connectivity index (χ1n) is 3.47. The lowest BCUT2D eigenvalue weighted by Gasteiger charge is -2.10. The summed E-state index contributed by atoms with van der Waals surface area (Å²) in [6, 6.07) is 0. The van der Waals surface area contributed by atoms with Gasteiger partial charge < -0.3 is 9.63 Å². The quantitative estimate of drug-likeness (QED) is 0.626. The highest BCUT2D eigenvalue weighted by Crippen LogP contribution is 2.48. The van der Waals surface area contributed by atoms with E-state index < -0.39 is 7.82 Å². The van der Waals surface area contributed by atoms with E-state index in [-0.39, 0.29) is 11.1 Å². The Morgan fingerprint density at radius 2 is 1.79 bits per heavy atom. The maximum atomic E-state index is 11.0. The number of halogens is 2. The van der Waals surface area contributed by atoms with Gasteiger partial charge in [0.2, 0.25) is 0 Å². The molecule has 0 unspecified atom stereocenters. The smallest absolute Gasteiger partial charge is 0.409 e. The van der Waals surface area contributed by atoms with E-state index in [1.165, 1.54) is 14.2 Å². The topological polar surface area (TPSA) is 65.0 Å². The summed E-state index contributed by atoms with van der Waals surface area (Å²) in [6.45, 7) is 1.93. The third kappa shape index (κ3) is 10.3. The molecule has 0 radical (unpaired) electrons. The Balaban J connectivity index is 0. The molecule has 14 heavy (non-hydrogen) atoms. The number of phosphoric ester groups is 1. The van der Waals surface area contributed by atoms with E-state index in [0.29, 0.717) is 0 Å². The molecule has 0 atom stereocenters. The van der Waals surface area contributed by atoms with Gasteiger partial charge in [-0.2, -0.15) is 0 Å². The van der Waals surface area contributed by atoms with Crippen molar-refractivity contribution in [1.29, 1.82) is 0 Å². The molecule has 0 aliphatic rings. The van der Waals surface area contributed by atoms with E-state index in [0.717, 1.165) is 6.26 Å². The van der Waals surface area contributed by atoms with Crippen molar-refractivity contribution in [3.63, 3.8) is 0 Å². The zero-order valence-corrected chi connectivity index (χ0v) is 10.5. The number of rotatable bonds is 4. The fourth-order valence-electron chi connectivity index (χ4n) is 0.265. The minimum Gasteiger partial charge on any atom is -0.409 e. The van der Waals surface area contributed by atoms with Crippen molar-refractivity contribution in [2.24, 2.45) is 0 Å². The monoisotopic (exact) mass is 266 g/mol. The van der Waals surface area contributed by atoms with E-state index in [1.54, 1.807) is 6.92 Å². The van der Waals surface area contributed by atoms with E-state index >= 15 is 0 Å². The Kier molecular flexibility index (Phi) is 11.6. The van der Waals surface area contributed by atoms with Crippen LogP contribution in [-0.4, -0.2) is 25.9 Å². The zero-order chi connectivity index (χ0) is 11.6. The molecule has 0 saturated heterocycles. The maximum absolute atomic E-state index is 11.0. The van der Waals surface area contributed by atoms with Crippen LogP contribution in [-0.2, 0) is 18.1 Å². The van der Waals surface area contributed by atoms with Gasteiger partial charge in [-0.25, -0.2) is 4.57 Å². The minimum absolute atomic E-state index is 0.167. The molecule has 0 aromatic carbocycles. The van der Waals surface area contributed by atoms with Gasteiger partial charge in [0, 0.05) is 20.8 Å². The number of aliphatic hydroxyl groups is 1. The summed E-state index contributed by atoms with van der Waals surface area (Å²) in [5.74, 6) is 0. The van der Waals surface area contributed by atoms with Gasteiger partial charge >= 0.3 is 7.82 Å². The van der Waals surface area contributed by atoms with Gasteiger partial charge in [-0.3, -0.25) is 9.05 Å². The third-order valence-corrected chi connectivity index (χ3v) is 2.15. The number of hydrogen-bond donors (Lipinski definition) is 1. The van der Waals surface area contributed by atoms with Crippen molar-refractivity contribution in [1.82, 2.24) is 0 Å². The van der Waals surface area contributed by atoms with Gasteiger partial charge in [0.25, 0.3) is 0 Å². The molecule has 0 heterocycles. The van der Waals surface area contributed by atoms with Crippen LogP contribution in [0.15, 0.2) is 10.8 Å². The molecule has 8 heteroatoms. The summed E-state index contributed by atoms with van der Waals surface area (Å²) in [4.78, 5) is 0. The molecule has 0 saturated carbocycles. The number of hydrogen-bond acceptors (Lipinski definition) is 5. The van der Waals surface area contributed by atoms with E-state index in [1.807, 2.05) is 0 Å². The van der Waals surface area contributed by atoms with Gasteiger partial charge in [-0.15, -0.1) is 0 Å². The summed E-state index contributed by atoms with van der Waals surface area (Å²) in [5.41, 5.74) is 0. The lowest BCUT2D eigenvalue weighted by atomic mass is 10.9. The zero-order valence-electron chi connectivity index (χ0n) is 8.07. The molecule has 1 N–H and O–H groups in total. The SMILES string of the molecule is CCO.COP(=O)(OC)OC=C(Cl)Cl. The second-order valence-corrected chi connectivity index (χ2v) is 4.48. The van der Waals surface area contributed by atoms with Gasteiger partial charge in [0.05, 0.1) is 0 Å². The molecule has 5 nitrogen and oxygen atoms in total. The first kappa shape index (κ1) is 16.7. The van der Waals surface area contributed by atoms with Crippen LogP contribution < -0.4 is 0 Å². The predicted octanol–water partition coefficient (Wildman–Crippen LogP) is 2.68. The van der Waals surface area contributed by atoms with Gasteiger partial charge in [-0.05, 0) is 6.92 Å². The van der Waals surface area contributed by atoms with Crippen molar-refractivity contribution in [3.05, 3.63) is 10.8 Å². The van der Waals surface area contributed by atoms with Crippen LogP contribution in [0.5, 0.6) is 0 Å².